The fourth-order valence-electron chi connectivity index (χ4n) is 5.57. The van der Waals surface area contributed by atoms with E-state index >= 15 is 0 Å². The van der Waals surface area contributed by atoms with Crippen LogP contribution in [0.25, 0.3) is 0 Å². The molecular weight excluding hydrogens is 372 g/mol. The lowest BCUT2D eigenvalue weighted by molar-refractivity contribution is -0.408. The molecule has 6 nitrogen and oxygen atoms in total. The van der Waals surface area contributed by atoms with Gasteiger partial charge in [0.1, 0.15) is 18.0 Å². The third-order valence-electron chi connectivity index (χ3n) is 7.16. The molecule has 2 heterocycles. The zero-order valence-corrected chi connectivity index (χ0v) is 17.6. The predicted octanol–water partition coefficient (Wildman–Crippen LogP) is 3.31. The molecule has 6 heteroatoms. The van der Waals surface area contributed by atoms with Crippen molar-refractivity contribution in [3.05, 3.63) is 30.3 Å². The van der Waals surface area contributed by atoms with Crippen LogP contribution in [0.15, 0.2) is 30.3 Å². The first-order valence-electron chi connectivity index (χ1n) is 10.9. The molecule has 1 saturated carbocycles. The highest BCUT2D eigenvalue weighted by atomic mass is 16.8. The summed E-state index contributed by atoms with van der Waals surface area (Å²) in [6.45, 7) is 6.70. The van der Waals surface area contributed by atoms with Crippen molar-refractivity contribution in [1.29, 1.82) is 0 Å². The number of hydrogen-bond donors (Lipinski definition) is 2. The maximum Gasteiger partial charge on any atom is 0.193 e. The first kappa shape index (κ1) is 21.1. The van der Waals surface area contributed by atoms with E-state index in [1.54, 1.807) is 6.92 Å². The van der Waals surface area contributed by atoms with Crippen molar-refractivity contribution in [2.45, 2.75) is 70.4 Å². The molecule has 4 rings (SSSR count). The van der Waals surface area contributed by atoms with Crippen molar-refractivity contribution in [3.8, 4) is 5.75 Å². The Labute approximate surface area is 173 Å². The van der Waals surface area contributed by atoms with Gasteiger partial charge in [-0.3, -0.25) is 0 Å². The minimum atomic E-state index is -1.32. The largest absolute Gasteiger partial charge is 0.491 e. The van der Waals surface area contributed by atoms with Gasteiger partial charge < -0.3 is 29.2 Å². The highest BCUT2D eigenvalue weighted by Gasteiger charge is 2.63. The number of para-hydroxylation sites is 1. The topological polar surface area (TPSA) is 77.4 Å². The predicted molar refractivity (Wildman–Crippen MR) is 107 cm³/mol. The first-order chi connectivity index (χ1) is 13.8. The van der Waals surface area contributed by atoms with Crippen molar-refractivity contribution in [1.82, 2.24) is 0 Å². The molecule has 3 aliphatic rings. The summed E-state index contributed by atoms with van der Waals surface area (Å²) in [5, 5.41) is 22.5. The van der Waals surface area contributed by atoms with Crippen molar-refractivity contribution in [2.75, 3.05) is 13.2 Å². The number of hydrogen-bond acceptors (Lipinski definition) is 6. The van der Waals surface area contributed by atoms with E-state index < -0.39 is 24.0 Å². The van der Waals surface area contributed by atoms with E-state index in [0.717, 1.165) is 25.0 Å². The highest BCUT2D eigenvalue weighted by Crippen LogP contribution is 2.55. The summed E-state index contributed by atoms with van der Waals surface area (Å²) in [7, 11) is 0. The van der Waals surface area contributed by atoms with Crippen LogP contribution < -0.4 is 4.74 Å². The van der Waals surface area contributed by atoms with E-state index in [2.05, 4.69) is 13.8 Å². The van der Waals surface area contributed by atoms with Crippen molar-refractivity contribution < 1.29 is 29.2 Å². The quantitative estimate of drug-likeness (QED) is 0.731. The van der Waals surface area contributed by atoms with Gasteiger partial charge >= 0.3 is 0 Å². The molecule has 1 aromatic rings. The van der Waals surface area contributed by atoms with Crippen LogP contribution >= 0.6 is 0 Å². The number of rotatable bonds is 5. The molecule has 8 atom stereocenters. The van der Waals surface area contributed by atoms with Crippen LogP contribution in [0.5, 0.6) is 5.75 Å². The molecule has 1 aliphatic carbocycles. The molecular formula is C23H34O6. The van der Waals surface area contributed by atoms with Crippen LogP contribution in [0.2, 0.25) is 0 Å². The molecule has 2 saturated heterocycles. The SMILES string of the molecule is C[C@H]1C(OCCOc2ccccc2)O[C@@H]2O[C@@](C)(O)CCC3[C@H](C)CCC1[C@]32O. The van der Waals surface area contributed by atoms with Crippen LogP contribution in [0.1, 0.15) is 46.5 Å². The van der Waals surface area contributed by atoms with Gasteiger partial charge in [0.15, 0.2) is 18.4 Å². The Balaban J connectivity index is 1.45. The minimum Gasteiger partial charge on any atom is -0.491 e. The van der Waals surface area contributed by atoms with E-state index in [9.17, 15) is 10.2 Å². The summed E-state index contributed by atoms with van der Waals surface area (Å²) in [5.74, 6) is -0.0704. The van der Waals surface area contributed by atoms with Crippen molar-refractivity contribution in [3.63, 3.8) is 0 Å². The molecule has 162 valence electrons. The van der Waals surface area contributed by atoms with Crippen molar-refractivity contribution in [2.24, 2.45) is 23.7 Å². The average molecular weight is 407 g/mol. The maximum absolute atomic E-state index is 11.8. The lowest BCUT2D eigenvalue weighted by atomic mass is 9.58. The Kier molecular flexibility index (Phi) is 5.93. The number of ether oxygens (including phenoxy) is 4. The second-order valence-electron chi connectivity index (χ2n) is 9.21. The molecule has 0 spiro atoms. The maximum atomic E-state index is 11.8. The molecule has 3 unspecified atom stereocenters. The van der Waals surface area contributed by atoms with E-state index in [1.807, 2.05) is 30.3 Å². The smallest absolute Gasteiger partial charge is 0.193 e. The zero-order valence-electron chi connectivity index (χ0n) is 17.6. The van der Waals surface area contributed by atoms with Gasteiger partial charge in [0.05, 0.1) is 6.61 Å². The van der Waals surface area contributed by atoms with Crippen LogP contribution in [0, 0.1) is 23.7 Å². The molecule has 29 heavy (non-hydrogen) atoms. The normalized spacial score (nSPS) is 44.6. The van der Waals surface area contributed by atoms with Crippen LogP contribution in [0.3, 0.4) is 0 Å². The van der Waals surface area contributed by atoms with E-state index in [4.69, 9.17) is 18.9 Å². The van der Waals surface area contributed by atoms with Crippen LogP contribution in [-0.2, 0) is 14.2 Å². The Morgan fingerprint density at radius 3 is 2.55 bits per heavy atom. The number of benzene rings is 1. The summed E-state index contributed by atoms with van der Waals surface area (Å²) < 4.78 is 23.8. The molecule has 2 aliphatic heterocycles. The molecule has 0 radical (unpaired) electrons. The van der Waals surface area contributed by atoms with Gasteiger partial charge in [0.2, 0.25) is 0 Å². The van der Waals surface area contributed by atoms with E-state index in [-0.39, 0.29) is 17.8 Å². The summed E-state index contributed by atoms with van der Waals surface area (Å²) in [5.41, 5.74) is -1.10. The van der Waals surface area contributed by atoms with Gasteiger partial charge in [0, 0.05) is 18.3 Å². The standard InChI is InChI=1S/C23H34O6/c1-15-9-10-19-16(2)20(27-14-13-26-17-7-5-4-6-8-17)28-21-23(19,25)18(15)11-12-22(3,24)29-21/h4-8,15-16,18-21,24-25H,9-14H2,1-3H3/t15-,16-,18?,19?,20?,21-,22-,23-/m1/s1. The average Bonchev–Trinajstić information content (AvgIpc) is 2.78. The van der Waals surface area contributed by atoms with E-state index in [1.165, 1.54) is 0 Å². The Morgan fingerprint density at radius 1 is 1.03 bits per heavy atom. The van der Waals surface area contributed by atoms with Crippen LogP contribution in [-0.4, -0.2) is 47.4 Å². The van der Waals surface area contributed by atoms with Gasteiger partial charge in [-0.05, 0) is 50.2 Å². The molecule has 0 bridgehead atoms. The lowest BCUT2D eigenvalue weighted by Gasteiger charge is -2.57. The first-order valence-corrected chi connectivity index (χ1v) is 10.9. The molecule has 0 aromatic heterocycles. The zero-order chi connectivity index (χ0) is 20.6. The third-order valence-corrected chi connectivity index (χ3v) is 7.16. The fraction of sp³-hybridized carbons (Fsp3) is 0.739. The number of aliphatic hydroxyl groups is 2. The summed E-state index contributed by atoms with van der Waals surface area (Å²) in [4.78, 5) is 0. The van der Waals surface area contributed by atoms with Crippen LogP contribution in [0.4, 0.5) is 0 Å². The van der Waals surface area contributed by atoms with Crippen molar-refractivity contribution >= 4 is 0 Å². The van der Waals surface area contributed by atoms with Gasteiger partial charge in [-0.2, -0.15) is 0 Å². The molecule has 0 amide bonds. The molecule has 2 N–H and O–H groups in total. The molecule has 1 aromatic carbocycles. The fourth-order valence-corrected chi connectivity index (χ4v) is 5.57. The van der Waals surface area contributed by atoms with Gasteiger partial charge in [-0.25, -0.2) is 0 Å². The Morgan fingerprint density at radius 2 is 1.79 bits per heavy atom. The lowest BCUT2D eigenvalue weighted by Crippen LogP contribution is -2.67. The monoisotopic (exact) mass is 406 g/mol. The third kappa shape index (κ3) is 4.06. The van der Waals surface area contributed by atoms with Gasteiger partial charge in [0.25, 0.3) is 0 Å². The van der Waals surface area contributed by atoms with E-state index in [0.29, 0.717) is 25.6 Å². The summed E-state index contributed by atoms with van der Waals surface area (Å²) in [6, 6.07) is 9.62. The second kappa shape index (κ2) is 8.16. The Hall–Kier alpha value is -1.18. The highest BCUT2D eigenvalue weighted by molar-refractivity contribution is 5.20. The second-order valence-corrected chi connectivity index (χ2v) is 9.21. The molecule has 3 fully saturated rings. The van der Waals surface area contributed by atoms with Gasteiger partial charge in [-0.15, -0.1) is 0 Å². The summed E-state index contributed by atoms with van der Waals surface area (Å²) in [6.07, 6.45) is 1.77. The van der Waals surface area contributed by atoms with Gasteiger partial charge in [-0.1, -0.05) is 32.0 Å². The summed E-state index contributed by atoms with van der Waals surface area (Å²) >= 11 is 0. The Bertz CT molecular complexity index is 679. The minimum absolute atomic E-state index is 0.0105.